The summed E-state index contributed by atoms with van der Waals surface area (Å²) in [5, 5.41) is 14.4. The topological polar surface area (TPSA) is 78.7 Å². The van der Waals surface area contributed by atoms with E-state index in [2.05, 4.69) is 10.2 Å². The van der Waals surface area contributed by atoms with Crippen molar-refractivity contribution in [2.24, 2.45) is 0 Å². The molecule has 3 aromatic carbocycles. The number of hydrogen-bond donors (Lipinski definition) is 1. The number of benzene rings is 3. The number of nitro groups is 1. The van der Waals surface area contributed by atoms with Crippen LogP contribution in [0, 0.1) is 10.1 Å². The molecular formula is C24H24N4O3. The fraction of sp³-hybridized carbons (Fsp3) is 0.208. The van der Waals surface area contributed by atoms with E-state index < -0.39 is 6.04 Å². The summed E-state index contributed by atoms with van der Waals surface area (Å²) < 4.78 is 0. The van der Waals surface area contributed by atoms with Crippen LogP contribution in [0.25, 0.3) is 0 Å². The summed E-state index contributed by atoms with van der Waals surface area (Å²) >= 11 is 0. The molecule has 31 heavy (non-hydrogen) atoms. The maximum atomic E-state index is 13.3. The van der Waals surface area contributed by atoms with E-state index in [9.17, 15) is 14.9 Å². The molecule has 0 bridgehead atoms. The molecule has 7 heteroatoms. The van der Waals surface area contributed by atoms with Crippen molar-refractivity contribution >= 4 is 23.0 Å². The first-order valence-electron chi connectivity index (χ1n) is 10.3. The Labute approximate surface area is 181 Å². The summed E-state index contributed by atoms with van der Waals surface area (Å²) in [5.41, 5.74) is 2.41. The van der Waals surface area contributed by atoms with Gasteiger partial charge in [0.2, 0.25) is 5.91 Å². The molecule has 1 N–H and O–H groups in total. The van der Waals surface area contributed by atoms with Gasteiger partial charge in [-0.05, 0) is 23.8 Å². The Morgan fingerprint density at radius 1 is 0.839 bits per heavy atom. The Balaban J connectivity index is 1.53. The van der Waals surface area contributed by atoms with E-state index >= 15 is 0 Å². The van der Waals surface area contributed by atoms with E-state index in [0.29, 0.717) is 31.9 Å². The first-order valence-corrected chi connectivity index (χ1v) is 10.3. The highest BCUT2D eigenvalue weighted by atomic mass is 16.6. The molecule has 158 valence electrons. The van der Waals surface area contributed by atoms with Crippen molar-refractivity contribution < 1.29 is 9.72 Å². The molecule has 3 aromatic rings. The fourth-order valence-corrected chi connectivity index (χ4v) is 4.00. The molecule has 1 saturated heterocycles. The van der Waals surface area contributed by atoms with Gasteiger partial charge in [0.15, 0.2) is 0 Å². The Bertz CT molecular complexity index is 1030. The number of carbonyl (C=O) groups is 1. The quantitative estimate of drug-likeness (QED) is 0.484. The van der Waals surface area contributed by atoms with Crippen molar-refractivity contribution in [1.29, 1.82) is 0 Å². The van der Waals surface area contributed by atoms with Gasteiger partial charge in [-0.3, -0.25) is 19.8 Å². The van der Waals surface area contributed by atoms with Crippen LogP contribution in [0.3, 0.4) is 0 Å². The van der Waals surface area contributed by atoms with Gasteiger partial charge in [0, 0.05) is 37.9 Å². The maximum absolute atomic E-state index is 13.3. The van der Waals surface area contributed by atoms with E-state index in [0.717, 1.165) is 11.3 Å². The molecular weight excluding hydrogens is 392 g/mol. The number of piperazine rings is 1. The van der Waals surface area contributed by atoms with Crippen molar-refractivity contribution in [3.63, 3.8) is 0 Å². The number of para-hydroxylation sites is 3. The standard InChI is InChI=1S/C24H24N4O3/c29-24(25-20-11-5-2-6-12-20)23(19-9-3-1-4-10-19)27-17-15-26(16-18-27)21-13-7-8-14-22(21)28(30)31/h1-14,23H,15-18H2,(H,25,29)/t23-/m0/s1. The Hall–Kier alpha value is -3.71. The second-order valence-corrected chi connectivity index (χ2v) is 7.44. The lowest BCUT2D eigenvalue weighted by Gasteiger charge is -2.39. The minimum absolute atomic E-state index is 0.0865. The summed E-state index contributed by atoms with van der Waals surface area (Å²) in [7, 11) is 0. The second-order valence-electron chi connectivity index (χ2n) is 7.44. The van der Waals surface area contributed by atoms with E-state index in [1.807, 2.05) is 71.6 Å². The molecule has 0 aromatic heterocycles. The number of carbonyl (C=O) groups excluding carboxylic acids is 1. The molecule has 1 amide bonds. The van der Waals surface area contributed by atoms with Gasteiger partial charge in [0.25, 0.3) is 5.69 Å². The third-order valence-corrected chi connectivity index (χ3v) is 5.50. The number of amides is 1. The van der Waals surface area contributed by atoms with Crippen molar-refractivity contribution in [1.82, 2.24) is 4.90 Å². The minimum Gasteiger partial charge on any atom is -0.363 e. The summed E-state index contributed by atoms with van der Waals surface area (Å²) in [4.78, 5) is 28.5. The average Bonchev–Trinajstić information content (AvgIpc) is 2.81. The Morgan fingerprint density at radius 2 is 1.42 bits per heavy atom. The van der Waals surface area contributed by atoms with Crippen molar-refractivity contribution in [3.8, 4) is 0 Å². The highest BCUT2D eigenvalue weighted by molar-refractivity contribution is 5.95. The highest BCUT2D eigenvalue weighted by Gasteiger charge is 2.32. The third-order valence-electron chi connectivity index (χ3n) is 5.50. The van der Waals surface area contributed by atoms with Crippen LogP contribution in [0.2, 0.25) is 0 Å². The van der Waals surface area contributed by atoms with Crippen LogP contribution in [0.15, 0.2) is 84.9 Å². The molecule has 4 rings (SSSR count). The second kappa shape index (κ2) is 9.40. The predicted molar refractivity (Wildman–Crippen MR) is 121 cm³/mol. The van der Waals surface area contributed by atoms with Gasteiger partial charge in [0.1, 0.15) is 11.7 Å². The molecule has 0 spiro atoms. The number of nitro benzene ring substituents is 1. The van der Waals surface area contributed by atoms with Crippen LogP contribution in [0.5, 0.6) is 0 Å². The maximum Gasteiger partial charge on any atom is 0.292 e. The molecule has 1 atom stereocenters. The lowest BCUT2D eigenvalue weighted by atomic mass is 10.0. The van der Waals surface area contributed by atoms with Crippen LogP contribution in [0.1, 0.15) is 11.6 Å². The molecule has 1 aliphatic rings. The van der Waals surface area contributed by atoms with Crippen LogP contribution in [-0.2, 0) is 4.79 Å². The number of rotatable bonds is 6. The van der Waals surface area contributed by atoms with Gasteiger partial charge in [-0.2, -0.15) is 0 Å². The summed E-state index contributed by atoms with van der Waals surface area (Å²) in [5.74, 6) is -0.0865. The molecule has 0 saturated carbocycles. The molecule has 1 heterocycles. The monoisotopic (exact) mass is 416 g/mol. The summed E-state index contributed by atoms with van der Waals surface area (Å²) in [6, 6.07) is 25.5. The lowest BCUT2D eigenvalue weighted by molar-refractivity contribution is -0.384. The van der Waals surface area contributed by atoms with E-state index in [-0.39, 0.29) is 16.5 Å². The summed E-state index contributed by atoms with van der Waals surface area (Å²) in [6.07, 6.45) is 0. The molecule has 1 fully saturated rings. The SMILES string of the molecule is O=C(Nc1ccccc1)[C@H](c1ccccc1)N1CCN(c2ccccc2[N+](=O)[O-])CC1. The van der Waals surface area contributed by atoms with Crippen LogP contribution < -0.4 is 10.2 Å². The number of nitrogens with one attached hydrogen (secondary N) is 1. The normalized spacial score (nSPS) is 15.3. The van der Waals surface area contributed by atoms with Gasteiger partial charge in [-0.25, -0.2) is 0 Å². The van der Waals surface area contributed by atoms with Gasteiger partial charge in [-0.1, -0.05) is 60.7 Å². The fourth-order valence-electron chi connectivity index (χ4n) is 4.00. The van der Waals surface area contributed by atoms with E-state index in [4.69, 9.17) is 0 Å². The Morgan fingerprint density at radius 3 is 2.06 bits per heavy atom. The van der Waals surface area contributed by atoms with Crippen molar-refractivity contribution in [2.45, 2.75) is 6.04 Å². The van der Waals surface area contributed by atoms with Gasteiger partial charge < -0.3 is 10.2 Å². The zero-order valence-corrected chi connectivity index (χ0v) is 17.1. The highest BCUT2D eigenvalue weighted by Crippen LogP contribution is 2.30. The zero-order chi connectivity index (χ0) is 21.6. The number of nitrogens with zero attached hydrogens (tertiary/aromatic N) is 3. The first-order chi connectivity index (χ1) is 15.1. The molecule has 1 aliphatic heterocycles. The van der Waals surface area contributed by atoms with Gasteiger partial charge in [0.05, 0.1) is 4.92 Å². The van der Waals surface area contributed by atoms with Gasteiger partial charge in [-0.15, -0.1) is 0 Å². The Kier molecular flexibility index (Phi) is 6.24. The van der Waals surface area contributed by atoms with E-state index in [1.54, 1.807) is 12.1 Å². The smallest absolute Gasteiger partial charge is 0.292 e. The average molecular weight is 416 g/mol. The van der Waals surface area contributed by atoms with Crippen LogP contribution in [0.4, 0.5) is 17.1 Å². The zero-order valence-electron chi connectivity index (χ0n) is 17.1. The van der Waals surface area contributed by atoms with Gasteiger partial charge >= 0.3 is 0 Å². The number of anilines is 2. The molecule has 0 aliphatic carbocycles. The van der Waals surface area contributed by atoms with Crippen molar-refractivity contribution in [3.05, 3.63) is 101 Å². The molecule has 0 radical (unpaired) electrons. The van der Waals surface area contributed by atoms with Crippen molar-refractivity contribution in [2.75, 3.05) is 36.4 Å². The minimum atomic E-state index is -0.436. The predicted octanol–water partition coefficient (Wildman–Crippen LogP) is 4.10. The third kappa shape index (κ3) is 4.73. The molecule has 0 unspecified atom stereocenters. The summed E-state index contributed by atoms with van der Waals surface area (Å²) in [6.45, 7) is 2.45. The first kappa shape index (κ1) is 20.6. The largest absolute Gasteiger partial charge is 0.363 e. The number of hydrogen-bond acceptors (Lipinski definition) is 5. The van der Waals surface area contributed by atoms with E-state index in [1.165, 1.54) is 6.07 Å². The van der Waals surface area contributed by atoms with Crippen LogP contribution in [-0.4, -0.2) is 41.9 Å². The lowest BCUT2D eigenvalue weighted by Crippen LogP contribution is -2.50. The van der Waals surface area contributed by atoms with Crippen LogP contribution >= 0.6 is 0 Å². The molecule has 7 nitrogen and oxygen atoms in total.